The van der Waals surface area contributed by atoms with Crippen LogP contribution >= 0.6 is 11.6 Å². The molecule has 4 heteroatoms. The van der Waals surface area contributed by atoms with Crippen LogP contribution in [-0.2, 0) is 0 Å². The van der Waals surface area contributed by atoms with Gasteiger partial charge >= 0.3 is 0 Å². The summed E-state index contributed by atoms with van der Waals surface area (Å²) in [4.78, 5) is 12.3. The van der Waals surface area contributed by atoms with Gasteiger partial charge in [0.1, 0.15) is 11.3 Å². The highest BCUT2D eigenvalue weighted by molar-refractivity contribution is 6.30. The highest BCUT2D eigenvalue weighted by atomic mass is 35.5. The van der Waals surface area contributed by atoms with Crippen LogP contribution in [0, 0.1) is 6.92 Å². The van der Waals surface area contributed by atoms with Crippen LogP contribution in [0.5, 0.6) is 5.75 Å². The van der Waals surface area contributed by atoms with Gasteiger partial charge in [-0.15, -0.1) is 0 Å². The van der Waals surface area contributed by atoms with Gasteiger partial charge in [-0.25, -0.2) is 0 Å². The molecular formula is C18H13ClO3. The molecule has 0 radical (unpaired) electrons. The third kappa shape index (κ3) is 2.76. The lowest BCUT2D eigenvalue weighted by Crippen LogP contribution is -1.95. The number of rotatable bonds is 3. The first-order valence-corrected chi connectivity index (χ1v) is 7.11. The Balaban J connectivity index is 1.92. The molecule has 0 aliphatic heterocycles. The average Bonchev–Trinajstić information content (AvgIpc) is 2.86. The summed E-state index contributed by atoms with van der Waals surface area (Å²) in [5.74, 6) is -0.359. The van der Waals surface area contributed by atoms with Crippen molar-refractivity contribution in [1.29, 1.82) is 0 Å². The Bertz CT molecular complexity index is 873. The number of aryl methyl sites for hydroxylation is 1. The average molecular weight is 313 g/mol. The number of hydrogen-bond donors (Lipinski definition) is 1. The van der Waals surface area contributed by atoms with Crippen molar-refractivity contribution in [3.8, 4) is 5.75 Å². The number of phenolic OH excluding ortho intramolecular Hbond substituents is 1. The summed E-state index contributed by atoms with van der Waals surface area (Å²) >= 11 is 5.82. The zero-order chi connectivity index (χ0) is 15.7. The Hall–Kier alpha value is -2.52. The zero-order valence-corrected chi connectivity index (χ0v) is 12.6. The number of carbonyl (C=O) groups excluding carboxylic acids is 1. The van der Waals surface area contributed by atoms with Gasteiger partial charge in [0, 0.05) is 16.5 Å². The first-order chi connectivity index (χ1) is 10.5. The largest absolute Gasteiger partial charge is 0.507 e. The van der Waals surface area contributed by atoms with Crippen LogP contribution in [0.2, 0.25) is 5.02 Å². The van der Waals surface area contributed by atoms with E-state index in [1.54, 1.807) is 30.5 Å². The highest BCUT2D eigenvalue weighted by Gasteiger charge is 2.13. The van der Waals surface area contributed by atoms with Gasteiger partial charge in [0.05, 0.1) is 11.8 Å². The Labute approximate surface area is 132 Å². The molecule has 0 bridgehead atoms. The van der Waals surface area contributed by atoms with Gasteiger partial charge in [0.25, 0.3) is 0 Å². The van der Waals surface area contributed by atoms with Crippen molar-refractivity contribution in [2.45, 2.75) is 6.92 Å². The topological polar surface area (TPSA) is 50.4 Å². The molecule has 1 aromatic heterocycles. The standard InChI is InChI=1S/C18H13ClO3/c1-11-10-22-18-9-17(21)15(8-14(11)18)16(20)7-4-12-2-5-13(19)6-3-12/h2-10,21H,1H3/b7-4+. The van der Waals surface area contributed by atoms with E-state index in [2.05, 4.69) is 0 Å². The third-order valence-electron chi connectivity index (χ3n) is 3.45. The number of carbonyl (C=O) groups is 1. The number of halogens is 1. The predicted octanol–water partition coefficient (Wildman–Crippen LogP) is 5.00. The fourth-order valence-corrected chi connectivity index (χ4v) is 2.35. The Morgan fingerprint density at radius 2 is 1.95 bits per heavy atom. The number of ketones is 1. The molecule has 0 saturated heterocycles. The van der Waals surface area contributed by atoms with Crippen molar-refractivity contribution in [1.82, 2.24) is 0 Å². The van der Waals surface area contributed by atoms with Gasteiger partial charge in [-0.2, -0.15) is 0 Å². The maximum Gasteiger partial charge on any atom is 0.189 e. The molecule has 3 nitrogen and oxygen atoms in total. The number of benzene rings is 2. The zero-order valence-electron chi connectivity index (χ0n) is 11.8. The summed E-state index contributed by atoms with van der Waals surface area (Å²) in [6, 6.07) is 10.3. The van der Waals surface area contributed by atoms with E-state index in [1.807, 2.05) is 19.1 Å². The maximum absolute atomic E-state index is 12.3. The molecule has 1 heterocycles. The minimum atomic E-state index is -0.269. The van der Waals surface area contributed by atoms with Crippen LogP contribution in [0.25, 0.3) is 17.0 Å². The van der Waals surface area contributed by atoms with Crippen molar-refractivity contribution in [3.63, 3.8) is 0 Å². The minimum Gasteiger partial charge on any atom is -0.507 e. The summed E-state index contributed by atoms with van der Waals surface area (Å²) in [5, 5.41) is 11.5. The van der Waals surface area contributed by atoms with Gasteiger partial charge in [-0.05, 0) is 42.3 Å². The predicted molar refractivity (Wildman–Crippen MR) is 87.4 cm³/mol. The highest BCUT2D eigenvalue weighted by Crippen LogP contribution is 2.29. The van der Waals surface area contributed by atoms with Gasteiger partial charge < -0.3 is 9.52 Å². The molecule has 1 N–H and O–H groups in total. The van der Waals surface area contributed by atoms with Crippen LogP contribution in [0.4, 0.5) is 0 Å². The molecule has 3 aromatic rings. The van der Waals surface area contributed by atoms with E-state index in [9.17, 15) is 9.90 Å². The Morgan fingerprint density at radius 3 is 2.68 bits per heavy atom. The summed E-state index contributed by atoms with van der Waals surface area (Å²) in [7, 11) is 0. The van der Waals surface area contributed by atoms with Crippen molar-refractivity contribution >= 4 is 34.4 Å². The fraction of sp³-hybridized carbons (Fsp3) is 0.0556. The van der Waals surface area contributed by atoms with Crippen LogP contribution in [0.3, 0.4) is 0 Å². The van der Waals surface area contributed by atoms with Gasteiger partial charge in [-0.3, -0.25) is 4.79 Å². The lowest BCUT2D eigenvalue weighted by atomic mass is 10.0. The summed E-state index contributed by atoms with van der Waals surface area (Å²) in [6.07, 6.45) is 4.71. The van der Waals surface area contributed by atoms with E-state index in [4.69, 9.17) is 16.0 Å². The lowest BCUT2D eigenvalue weighted by molar-refractivity contribution is 0.104. The number of aromatic hydroxyl groups is 1. The summed E-state index contributed by atoms with van der Waals surface area (Å²) in [6.45, 7) is 1.89. The van der Waals surface area contributed by atoms with Crippen molar-refractivity contribution in [2.75, 3.05) is 0 Å². The molecule has 0 atom stereocenters. The Morgan fingerprint density at radius 1 is 1.23 bits per heavy atom. The Kier molecular flexibility index (Phi) is 3.73. The quantitative estimate of drug-likeness (QED) is 0.547. The van der Waals surface area contributed by atoms with Crippen LogP contribution in [0.15, 0.2) is 53.2 Å². The number of allylic oxidation sites excluding steroid dienone is 1. The molecule has 2 aromatic carbocycles. The fourth-order valence-electron chi connectivity index (χ4n) is 2.22. The second-order valence-electron chi connectivity index (χ2n) is 5.03. The second kappa shape index (κ2) is 5.70. The van der Waals surface area contributed by atoms with Crippen LogP contribution in [0.1, 0.15) is 21.5 Å². The smallest absolute Gasteiger partial charge is 0.189 e. The van der Waals surface area contributed by atoms with Crippen molar-refractivity contribution < 1.29 is 14.3 Å². The normalized spacial score (nSPS) is 11.4. The molecule has 110 valence electrons. The second-order valence-corrected chi connectivity index (χ2v) is 5.47. The van der Waals surface area contributed by atoms with E-state index >= 15 is 0 Å². The molecule has 0 aliphatic carbocycles. The first kappa shape index (κ1) is 14.4. The summed E-state index contributed by atoms with van der Waals surface area (Å²) in [5.41, 5.74) is 2.60. The van der Waals surface area contributed by atoms with Crippen molar-refractivity contribution in [2.24, 2.45) is 0 Å². The van der Waals surface area contributed by atoms with E-state index in [0.29, 0.717) is 10.6 Å². The molecule has 0 fully saturated rings. The number of furan rings is 1. The van der Waals surface area contributed by atoms with Gasteiger partial charge in [0.2, 0.25) is 0 Å². The van der Waals surface area contributed by atoms with E-state index in [1.165, 1.54) is 12.1 Å². The van der Waals surface area contributed by atoms with E-state index in [-0.39, 0.29) is 17.1 Å². The maximum atomic E-state index is 12.3. The minimum absolute atomic E-state index is 0.0902. The molecule has 0 aliphatic rings. The number of hydrogen-bond acceptors (Lipinski definition) is 3. The first-order valence-electron chi connectivity index (χ1n) is 6.73. The monoisotopic (exact) mass is 312 g/mol. The van der Waals surface area contributed by atoms with Gasteiger partial charge in [0.15, 0.2) is 5.78 Å². The number of phenols is 1. The number of fused-ring (bicyclic) bond motifs is 1. The van der Waals surface area contributed by atoms with Crippen molar-refractivity contribution in [3.05, 3.63) is 70.5 Å². The van der Waals surface area contributed by atoms with E-state index in [0.717, 1.165) is 16.5 Å². The molecule has 0 spiro atoms. The third-order valence-corrected chi connectivity index (χ3v) is 3.70. The lowest BCUT2D eigenvalue weighted by Gasteiger charge is -2.01. The molecule has 0 unspecified atom stereocenters. The molecule has 0 amide bonds. The van der Waals surface area contributed by atoms with Gasteiger partial charge in [-0.1, -0.05) is 29.8 Å². The van der Waals surface area contributed by atoms with Crippen LogP contribution < -0.4 is 0 Å². The molecule has 0 saturated carbocycles. The molecular weight excluding hydrogens is 300 g/mol. The molecule has 22 heavy (non-hydrogen) atoms. The molecule has 3 rings (SSSR count). The summed E-state index contributed by atoms with van der Waals surface area (Å²) < 4.78 is 5.30. The van der Waals surface area contributed by atoms with E-state index < -0.39 is 0 Å². The SMILES string of the molecule is Cc1coc2cc(O)c(C(=O)/C=C/c3ccc(Cl)cc3)cc12. The van der Waals surface area contributed by atoms with Crippen LogP contribution in [-0.4, -0.2) is 10.9 Å².